The largest absolute Gasteiger partial charge is 0.314 e. The summed E-state index contributed by atoms with van der Waals surface area (Å²) in [6, 6.07) is 4.67. The summed E-state index contributed by atoms with van der Waals surface area (Å²) in [5.74, 6) is -0.200. The van der Waals surface area contributed by atoms with Crippen LogP contribution < -0.4 is 5.32 Å². The Morgan fingerprint density at radius 1 is 1.42 bits per heavy atom. The molecule has 0 aliphatic carbocycles. The number of rotatable bonds is 5. The van der Waals surface area contributed by atoms with E-state index in [1.54, 1.807) is 6.07 Å². The molecule has 1 aliphatic rings. The molecule has 104 valence electrons. The van der Waals surface area contributed by atoms with E-state index in [9.17, 15) is 9.18 Å². The van der Waals surface area contributed by atoms with E-state index < -0.39 is 0 Å². The van der Waals surface area contributed by atoms with Crippen molar-refractivity contribution in [1.82, 2.24) is 5.32 Å². The molecule has 1 fully saturated rings. The predicted molar refractivity (Wildman–Crippen MR) is 75.0 cm³/mol. The summed E-state index contributed by atoms with van der Waals surface area (Å²) in [4.78, 5) is 11.9. The Labute approximate surface area is 118 Å². The lowest BCUT2D eigenvalue weighted by molar-refractivity contribution is -0.118. The fraction of sp³-hybridized carbons (Fsp3) is 0.533. The van der Waals surface area contributed by atoms with Gasteiger partial charge in [0.05, 0.1) is 0 Å². The molecule has 0 radical (unpaired) electrons. The molecule has 1 aliphatic heterocycles. The Morgan fingerprint density at radius 2 is 2.26 bits per heavy atom. The van der Waals surface area contributed by atoms with Crippen LogP contribution in [0.4, 0.5) is 4.39 Å². The van der Waals surface area contributed by atoms with Gasteiger partial charge in [0.2, 0.25) is 0 Å². The van der Waals surface area contributed by atoms with Crippen molar-refractivity contribution in [1.29, 1.82) is 0 Å². The fourth-order valence-corrected chi connectivity index (χ4v) is 2.71. The van der Waals surface area contributed by atoms with Gasteiger partial charge >= 0.3 is 0 Å². The maximum atomic E-state index is 12.9. The van der Waals surface area contributed by atoms with Crippen LogP contribution in [0.2, 0.25) is 5.02 Å². The number of carbonyl (C=O) groups is 1. The van der Waals surface area contributed by atoms with E-state index in [0.717, 1.165) is 19.4 Å². The van der Waals surface area contributed by atoms with E-state index in [2.05, 4.69) is 5.32 Å². The second kappa shape index (κ2) is 7.01. The molecule has 0 amide bonds. The molecule has 1 aromatic rings. The summed E-state index contributed by atoms with van der Waals surface area (Å²) < 4.78 is 12.9. The van der Waals surface area contributed by atoms with Crippen LogP contribution in [-0.2, 0) is 11.2 Å². The van der Waals surface area contributed by atoms with Crippen LogP contribution >= 0.6 is 11.6 Å². The number of Topliss-reactive ketones (excluding diaryl/α,β-unsaturated/α-hetero) is 1. The molecule has 2 rings (SSSR count). The van der Waals surface area contributed by atoms with Crippen molar-refractivity contribution in [2.24, 2.45) is 0 Å². The van der Waals surface area contributed by atoms with Gasteiger partial charge in [-0.3, -0.25) is 4.79 Å². The van der Waals surface area contributed by atoms with Crippen LogP contribution in [-0.4, -0.2) is 18.4 Å². The van der Waals surface area contributed by atoms with E-state index in [4.69, 9.17) is 11.6 Å². The molecule has 2 nitrogen and oxygen atoms in total. The van der Waals surface area contributed by atoms with Crippen LogP contribution in [0.25, 0.3) is 0 Å². The minimum Gasteiger partial charge on any atom is -0.314 e. The van der Waals surface area contributed by atoms with E-state index >= 15 is 0 Å². The average Bonchev–Trinajstić information content (AvgIpc) is 2.41. The quantitative estimate of drug-likeness (QED) is 0.896. The molecule has 1 unspecified atom stereocenters. The first-order chi connectivity index (χ1) is 9.15. The summed E-state index contributed by atoms with van der Waals surface area (Å²) in [5, 5.41) is 3.77. The molecule has 1 atom stereocenters. The lowest BCUT2D eigenvalue weighted by Gasteiger charge is -2.23. The Bertz CT molecular complexity index is 444. The zero-order valence-corrected chi connectivity index (χ0v) is 11.7. The second-order valence-corrected chi connectivity index (χ2v) is 5.54. The van der Waals surface area contributed by atoms with Gasteiger partial charge in [-0.1, -0.05) is 24.1 Å². The molecule has 1 saturated heterocycles. The van der Waals surface area contributed by atoms with Crippen LogP contribution in [0, 0.1) is 5.82 Å². The minimum atomic E-state index is -0.368. The van der Waals surface area contributed by atoms with Crippen molar-refractivity contribution >= 4 is 17.4 Å². The summed E-state index contributed by atoms with van der Waals surface area (Å²) in [7, 11) is 0. The zero-order valence-electron chi connectivity index (χ0n) is 10.9. The van der Waals surface area contributed by atoms with Gasteiger partial charge in [-0.05, 0) is 43.5 Å². The third-order valence-electron chi connectivity index (χ3n) is 3.59. The third-order valence-corrected chi connectivity index (χ3v) is 3.94. The van der Waals surface area contributed by atoms with Crippen LogP contribution in [0.5, 0.6) is 0 Å². The standard InChI is InChI=1S/C15H19ClFNO/c16-15-10-12(17)5-4-11(15)9-14(19)7-6-13-3-1-2-8-18-13/h4-5,10,13,18H,1-3,6-9H2. The van der Waals surface area contributed by atoms with Crippen LogP contribution in [0.15, 0.2) is 18.2 Å². The number of benzene rings is 1. The van der Waals surface area contributed by atoms with E-state index in [-0.39, 0.29) is 11.6 Å². The minimum absolute atomic E-state index is 0.167. The van der Waals surface area contributed by atoms with Crippen molar-refractivity contribution in [2.45, 2.75) is 44.6 Å². The highest BCUT2D eigenvalue weighted by Gasteiger charge is 2.15. The van der Waals surface area contributed by atoms with Gasteiger partial charge in [0.1, 0.15) is 11.6 Å². The Kier molecular flexibility index (Phi) is 5.34. The van der Waals surface area contributed by atoms with Gasteiger partial charge in [0.25, 0.3) is 0 Å². The van der Waals surface area contributed by atoms with Crippen molar-refractivity contribution in [3.63, 3.8) is 0 Å². The van der Waals surface area contributed by atoms with Crippen molar-refractivity contribution in [3.05, 3.63) is 34.6 Å². The lowest BCUT2D eigenvalue weighted by Crippen LogP contribution is -2.34. The highest BCUT2D eigenvalue weighted by molar-refractivity contribution is 6.31. The molecular weight excluding hydrogens is 265 g/mol. The highest BCUT2D eigenvalue weighted by Crippen LogP contribution is 2.19. The van der Waals surface area contributed by atoms with Gasteiger partial charge in [0, 0.05) is 23.9 Å². The summed E-state index contributed by atoms with van der Waals surface area (Å²) in [6.45, 7) is 1.06. The van der Waals surface area contributed by atoms with Crippen molar-refractivity contribution in [2.75, 3.05) is 6.54 Å². The molecule has 0 aromatic heterocycles. The first-order valence-corrected chi connectivity index (χ1v) is 7.22. The van der Waals surface area contributed by atoms with Gasteiger partial charge in [-0.15, -0.1) is 0 Å². The molecule has 4 heteroatoms. The third kappa shape index (κ3) is 4.59. The number of nitrogens with one attached hydrogen (secondary N) is 1. The molecule has 0 saturated carbocycles. The van der Waals surface area contributed by atoms with Gasteiger partial charge in [-0.2, -0.15) is 0 Å². The molecular formula is C15H19ClFNO. The summed E-state index contributed by atoms with van der Waals surface area (Å²) in [5.41, 5.74) is 0.713. The SMILES string of the molecule is O=C(CCC1CCCCN1)Cc1ccc(F)cc1Cl. The fourth-order valence-electron chi connectivity index (χ4n) is 2.47. The smallest absolute Gasteiger partial charge is 0.137 e. The predicted octanol–water partition coefficient (Wildman–Crippen LogP) is 3.51. The molecule has 0 spiro atoms. The Balaban J connectivity index is 1.80. The lowest BCUT2D eigenvalue weighted by atomic mass is 9.97. The van der Waals surface area contributed by atoms with Gasteiger partial charge < -0.3 is 5.32 Å². The normalized spacial score (nSPS) is 19.4. The summed E-state index contributed by atoms with van der Waals surface area (Å²) >= 11 is 5.92. The monoisotopic (exact) mass is 283 g/mol. The van der Waals surface area contributed by atoms with E-state index in [1.165, 1.54) is 25.0 Å². The number of hydrogen-bond donors (Lipinski definition) is 1. The second-order valence-electron chi connectivity index (χ2n) is 5.14. The topological polar surface area (TPSA) is 29.1 Å². The molecule has 1 heterocycles. The number of piperidine rings is 1. The average molecular weight is 284 g/mol. The Morgan fingerprint density at radius 3 is 2.95 bits per heavy atom. The van der Waals surface area contributed by atoms with Crippen molar-refractivity contribution in [3.8, 4) is 0 Å². The van der Waals surface area contributed by atoms with Crippen LogP contribution in [0.3, 0.4) is 0 Å². The van der Waals surface area contributed by atoms with E-state index in [0.29, 0.717) is 29.5 Å². The van der Waals surface area contributed by atoms with E-state index in [1.807, 2.05) is 0 Å². The number of ketones is 1. The first-order valence-electron chi connectivity index (χ1n) is 6.84. The molecule has 19 heavy (non-hydrogen) atoms. The maximum absolute atomic E-state index is 12.9. The van der Waals surface area contributed by atoms with Gasteiger partial charge in [-0.25, -0.2) is 4.39 Å². The number of halogens is 2. The summed E-state index contributed by atoms with van der Waals surface area (Å²) in [6.07, 6.45) is 5.38. The molecule has 1 aromatic carbocycles. The maximum Gasteiger partial charge on any atom is 0.137 e. The number of hydrogen-bond acceptors (Lipinski definition) is 2. The first kappa shape index (κ1) is 14.5. The highest BCUT2D eigenvalue weighted by atomic mass is 35.5. The van der Waals surface area contributed by atoms with Gasteiger partial charge in [0.15, 0.2) is 0 Å². The Hall–Kier alpha value is -0.930. The van der Waals surface area contributed by atoms with Crippen molar-refractivity contribution < 1.29 is 9.18 Å². The number of carbonyl (C=O) groups excluding carboxylic acids is 1. The molecule has 0 bridgehead atoms. The zero-order chi connectivity index (χ0) is 13.7. The van der Waals surface area contributed by atoms with Crippen LogP contribution in [0.1, 0.15) is 37.7 Å². The molecule has 1 N–H and O–H groups in total.